The van der Waals surface area contributed by atoms with E-state index < -0.39 is 11.5 Å². The molecular weight excluding hydrogens is 480 g/mol. The molecule has 4 rings (SSSR count). The molecule has 2 aromatic carbocycles. The average molecular weight is 508 g/mol. The lowest BCUT2D eigenvalue weighted by molar-refractivity contribution is -0.140. The molecule has 0 spiro atoms. The van der Waals surface area contributed by atoms with Crippen molar-refractivity contribution >= 4 is 35.0 Å². The number of hydrogen-bond donors (Lipinski definition) is 1. The van der Waals surface area contributed by atoms with Crippen LogP contribution in [0.3, 0.4) is 0 Å². The van der Waals surface area contributed by atoms with E-state index in [0.717, 1.165) is 24.2 Å². The first-order valence-corrected chi connectivity index (χ1v) is 12.1. The van der Waals surface area contributed by atoms with Gasteiger partial charge in [-0.05, 0) is 61.3 Å². The van der Waals surface area contributed by atoms with Crippen LogP contribution in [-0.4, -0.2) is 67.5 Å². The molecule has 0 aromatic heterocycles. The van der Waals surface area contributed by atoms with Gasteiger partial charge in [0.05, 0.1) is 18.6 Å². The second-order valence-corrected chi connectivity index (χ2v) is 9.91. The molecule has 0 bridgehead atoms. The zero-order valence-electron chi connectivity index (χ0n) is 19.0. The lowest BCUT2D eigenvalue weighted by Crippen LogP contribution is -2.56. The molecule has 1 unspecified atom stereocenters. The van der Waals surface area contributed by atoms with Crippen LogP contribution in [0.2, 0.25) is 10.0 Å². The molecule has 2 aliphatic rings. The first-order valence-electron chi connectivity index (χ1n) is 11.3. The van der Waals surface area contributed by atoms with E-state index in [-0.39, 0.29) is 30.8 Å². The van der Waals surface area contributed by atoms with Gasteiger partial charge in [-0.15, -0.1) is 0 Å². The molecule has 1 saturated heterocycles. The van der Waals surface area contributed by atoms with Crippen LogP contribution in [-0.2, 0) is 26.3 Å². The number of carbonyl (C=O) groups is 2. The van der Waals surface area contributed by atoms with Crippen molar-refractivity contribution in [1.29, 1.82) is 0 Å². The Bertz CT molecular complexity index is 1020. The van der Waals surface area contributed by atoms with Crippen molar-refractivity contribution in [2.45, 2.75) is 30.9 Å². The number of piperazine rings is 1. The average Bonchev–Trinajstić information content (AvgIpc) is 3.61. The molecule has 182 valence electrons. The number of rotatable bonds is 8. The predicted octanol–water partition coefficient (Wildman–Crippen LogP) is 3.64. The Morgan fingerprint density at radius 3 is 2.26 bits per heavy atom. The molecule has 1 N–H and O–H groups in total. The second-order valence-electron chi connectivity index (χ2n) is 9.04. The number of hydrogen-bond acceptors (Lipinski definition) is 4. The summed E-state index contributed by atoms with van der Waals surface area (Å²) in [5, 5.41) is 3.88. The molecule has 6 nitrogen and oxygen atoms in total. The van der Waals surface area contributed by atoms with Crippen molar-refractivity contribution in [3.63, 3.8) is 0 Å². The first kappa shape index (κ1) is 24.9. The summed E-state index contributed by atoms with van der Waals surface area (Å²) < 4.78 is 19.0. The number of benzene rings is 2. The lowest BCUT2D eigenvalue weighted by Gasteiger charge is -2.35. The molecule has 1 saturated carbocycles. The van der Waals surface area contributed by atoms with Gasteiger partial charge in [0.1, 0.15) is 11.9 Å². The van der Waals surface area contributed by atoms with Gasteiger partial charge in [-0.1, -0.05) is 35.3 Å². The van der Waals surface area contributed by atoms with Crippen molar-refractivity contribution in [2.24, 2.45) is 0 Å². The summed E-state index contributed by atoms with van der Waals surface area (Å²) in [5.74, 6) is -0.723. The van der Waals surface area contributed by atoms with Crippen molar-refractivity contribution in [1.82, 2.24) is 15.1 Å². The third-order valence-corrected chi connectivity index (χ3v) is 6.92. The lowest BCUT2D eigenvalue weighted by atomic mass is 9.94. The van der Waals surface area contributed by atoms with Gasteiger partial charge in [-0.3, -0.25) is 9.59 Å². The molecule has 1 aliphatic carbocycles. The van der Waals surface area contributed by atoms with Gasteiger partial charge in [0.15, 0.2) is 0 Å². The number of amides is 2. The maximum atomic E-state index is 13.4. The SMILES string of the molecule is CN1CCN(C(=O)C(COCc2ccc(F)cc2)NC(=O)C2(c3cc(Cl)cc(Cl)c3)CC2)CC1. The largest absolute Gasteiger partial charge is 0.374 e. The maximum Gasteiger partial charge on any atom is 0.247 e. The number of ether oxygens (including phenoxy) is 1. The molecular formula is C25H28Cl2FN3O3. The van der Waals surface area contributed by atoms with E-state index >= 15 is 0 Å². The van der Waals surface area contributed by atoms with Gasteiger partial charge in [0.25, 0.3) is 0 Å². The minimum absolute atomic E-state index is 0.0146. The van der Waals surface area contributed by atoms with Gasteiger partial charge in [0, 0.05) is 36.2 Å². The minimum Gasteiger partial charge on any atom is -0.374 e. The monoisotopic (exact) mass is 507 g/mol. The van der Waals surface area contributed by atoms with Crippen LogP contribution >= 0.6 is 23.2 Å². The summed E-state index contributed by atoms with van der Waals surface area (Å²) in [5.41, 5.74) is 0.790. The zero-order valence-corrected chi connectivity index (χ0v) is 20.5. The highest BCUT2D eigenvalue weighted by molar-refractivity contribution is 6.34. The Morgan fingerprint density at radius 1 is 1.06 bits per heavy atom. The van der Waals surface area contributed by atoms with E-state index in [4.69, 9.17) is 27.9 Å². The Kier molecular flexibility index (Phi) is 7.77. The molecule has 2 aromatic rings. The fraction of sp³-hybridized carbons (Fsp3) is 0.440. The Balaban J connectivity index is 1.46. The molecule has 1 atom stereocenters. The van der Waals surface area contributed by atoms with Crippen molar-refractivity contribution < 1.29 is 18.7 Å². The normalized spacial score (nSPS) is 18.4. The van der Waals surface area contributed by atoms with Gasteiger partial charge >= 0.3 is 0 Å². The Morgan fingerprint density at radius 2 is 1.68 bits per heavy atom. The summed E-state index contributed by atoms with van der Waals surface area (Å²) >= 11 is 12.3. The van der Waals surface area contributed by atoms with Crippen molar-refractivity contribution in [3.05, 3.63) is 69.5 Å². The summed E-state index contributed by atoms with van der Waals surface area (Å²) in [6.07, 6.45) is 1.31. The molecule has 34 heavy (non-hydrogen) atoms. The molecule has 9 heteroatoms. The topological polar surface area (TPSA) is 61.9 Å². The Labute approximate surface area is 208 Å². The quantitative estimate of drug-likeness (QED) is 0.592. The summed E-state index contributed by atoms with van der Waals surface area (Å²) in [6.45, 7) is 2.95. The van der Waals surface area contributed by atoms with Gasteiger partial charge in [0.2, 0.25) is 11.8 Å². The van der Waals surface area contributed by atoms with Crippen LogP contribution in [0.4, 0.5) is 4.39 Å². The number of carbonyl (C=O) groups excluding carboxylic acids is 2. The molecule has 1 aliphatic heterocycles. The standard InChI is InChI=1S/C25H28Cl2FN3O3/c1-30-8-10-31(11-9-30)23(32)22(16-34-15-17-2-4-21(28)5-3-17)29-24(33)25(6-7-25)18-12-19(26)14-20(27)13-18/h2-5,12-14,22H,6-11,15-16H2,1H3,(H,29,33). The number of halogens is 3. The molecule has 0 radical (unpaired) electrons. The van der Waals surface area contributed by atoms with E-state index in [1.165, 1.54) is 12.1 Å². The third-order valence-electron chi connectivity index (χ3n) is 6.48. The van der Waals surface area contributed by atoms with E-state index in [2.05, 4.69) is 10.2 Å². The minimum atomic E-state index is -0.830. The van der Waals surface area contributed by atoms with E-state index in [9.17, 15) is 14.0 Å². The van der Waals surface area contributed by atoms with Gasteiger partial charge in [-0.25, -0.2) is 4.39 Å². The third kappa shape index (κ3) is 5.89. The van der Waals surface area contributed by atoms with Crippen LogP contribution in [0.5, 0.6) is 0 Å². The highest BCUT2D eigenvalue weighted by Gasteiger charge is 2.52. The highest BCUT2D eigenvalue weighted by Crippen LogP contribution is 2.49. The van der Waals surface area contributed by atoms with Crippen molar-refractivity contribution in [3.8, 4) is 0 Å². The summed E-state index contributed by atoms with van der Waals surface area (Å²) in [7, 11) is 2.01. The highest BCUT2D eigenvalue weighted by atomic mass is 35.5. The summed E-state index contributed by atoms with van der Waals surface area (Å²) in [4.78, 5) is 30.7. The molecule has 2 fully saturated rings. The van der Waals surface area contributed by atoms with Gasteiger partial charge in [-0.2, -0.15) is 0 Å². The fourth-order valence-corrected chi connectivity index (χ4v) is 4.72. The molecule has 2 amide bonds. The van der Waals surface area contributed by atoms with Crippen LogP contribution < -0.4 is 5.32 Å². The van der Waals surface area contributed by atoms with E-state index in [1.54, 1.807) is 35.2 Å². The van der Waals surface area contributed by atoms with Crippen LogP contribution in [0.25, 0.3) is 0 Å². The van der Waals surface area contributed by atoms with Crippen molar-refractivity contribution in [2.75, 3.05) is 39.8 Å². The fourth-order valence-electron chi connectivity index (χ4n) is 4.20. The van der Waals surface area contributed by atoms with E-state index in [0.29, 0.717) is 36.0 Å². The van der Waals surface area contributed by atoms with Gasteiger partial charge < -0.3 is 19.9 Å². The van der Waals surface area contributed by atoms with Crippen LogP contribution in [0.1, 0.15) is 24.0 Å². The summed E-state index contributed by atoms with van der Waals surface area (Å²) in [6, 6.07) is 10.3. The van der Waals surface area contributed by atoms with E-state index in [1.807, 2.05) is 7.05 Å². The smallest absolute Gasteiger partial charge is 0.247 e. The first-order chi connectivity index (χ1) is 16.3. The number of nitrogens with zero attached hydrogens (tertiary/aromatic N) is 2. The number of likely N-dealkylation sites (N-methyl/N-ethyl adjacent to an activating group) is 1. The zero-order chi connectivity index (χ0) is 24.3. The Hall–Kier alpha value is -2.19. The predicted molar refractivity (Wildman–Crippen MR) is 129 cm³/mol. The number of nitrogens with one attached hydrogen (secondary N) is 1. The van der Waals surface area contributed by atoms with Crippen LogP contribution in [0.15, 0.2) is 42.5 Å². The molecule has 1 heterocycles. The second kappa shape index (κ2) is 10.6. The maximum absolute atomic E-state index is 13.4. The van der Waals surface area contributed by atoms with Crippen LogP contribution in [0, 0.1) is 5.82 Å².